The normalized spacial score (nSPS) is 19.3. The van der Waals surface area contributed by atoms with Gasteiger partial charge in [-0.15, -0.1) is 0 Å². The van der Waals surface area contributed by atoms with Crippen LogP contribution in [-0.2, 0) is 19.8 Å². The van der Waals surface area contributed by atoms with Crippen molar-refractivity contribution in [3.8, 4) is 0 Å². The molecule has 1 N–H and O–H groups in total. The quantitative estimate of drug-likeness (QED) is 0.672. The van der Waals surface area contributed by atoms with Crippen LogP contribution < -0.4 is 5.32 Å². The number of hydrogen-bond donors (Lipinski definition) is 1. The minimum Gasteiger partial charge on any atom is -0.414 e. The zero-order valence-electron chi connectivity index (χ0n) is 13.2. The number of nitrogens with one attached hydrogen (secondary N) is 1. The minimum atomic E-state index is -2.55. The molecule has 0 amide bonds. The summed E-state index contributed by atoms with van der Waals surface area (Å²) in [6.07, 6.45) is 3.57. The van der Waals surface area contributed by atoms with Crippen molar-refractivity contribution < 1.29 is 17.9 Å². The van der Waals surface area contributed by atoms with Crippen LogP contribution in [0.4, 0.5) is 0 Å². The molecule has 1 aliphatic carbocycles. The number of benzene rings is 1. The zero-order chi connectivity index (χ0) is 17.0. The monoisotopic (exact) mass is 333 g/mol. The third kappa shape index (κ3) is 3.60. The molecule has 6 heteroatoms. The van der Waals surface area contributed by atoms with Gasteiger partial charge in [0.15, 0.2) is 0 Å². The van der Waals surface area contributed by atoms with Crippen LogP contribution in [0.15, 0.2) is 48.1 Å². The molecule has 0 aromatic heterocycles. The number of hydrogen-bond acceptors (Lipinski definition) is 5. The van der Waals surface area contributed by atoms with E-state index in [1.807, 2.05) is 57.3 Å². The summed E-state index contributed by atoms with van der Waals surface area (Å²) in [6, 6.07) is 9.57. The maximum atomic E-state index is 12.3. The number of rotatable bonds is 4. The molecule has 0 heterocycles. The Bertz CT molecular complexity index is 781. The maximum absolute atomic E-state index is 12.3. The van der Waals surface area contributed by atoms with E-state index in [1.54, 1.807) is 6.08 Å². The van der Waals surface area contributed by atoms with E-state index in [9.17, 15) is 13.2 Å². The minimum absolute atomic E-state index is 0.0341. The van der Waals surface area contributed by atoms with E-state index >= 15 is 0 Å². The highest BCUT2D eigenvalue weighted by atomic mass is 32.2. The topological polar surface area (TPSA) is 72.5 Å². The van der Waals surface area contributed by atoms with Gasteiger partial charge >= 0.3 is 5.97 Å². The lowest BCUT2D eigenvalue weighted by molar-refractivity contribution is -0.130. The molecule has 122 valence electrons. The van der Waals surface area contributed by atoms with Crippen molar-refractivity contribution in [1.29, 1.82) is 0 Å². The number of likely N-dealkylation sites (N-methyl/N-ethyl adjacent to an activating group) is 1. The van der Waals surface area contributed by atoms with Gasteiger partial charge in [0.2, 0.25) is 15.8 Å². The number of carbonyl (C=O) groups is 1. The van der Waals surface area contributed by atoms with Gasteiger partial charge < -0.3 is 10.1 Å². The lowest BCUT2D eigenvalue weighted by Crippen LogP contribution is -2.41. The SMILES string of the molecule is CNC1C=CC(C(=O)OC=S(=O)=O)=C(c2ccccc2)C1(C)C. The molecule has 1 aromatic rings. The van der Waals surface area contributed by atoms with Crippen LogP contribution in [0.1, 0.15) is 19.4 Å². The molecule has 1 aromatic carbocycles. The van der Waals surface area contributed by atoms with Crippen molar-refractivity contribution in [2.24, 2.45) is 5.41 Å². The van der Waals surface area contributed by atoms with Crippen molar-refractivity contribution in [1.82, 2.24) is 5.32 Å². The molecule has 0 aliphatic heterocycles. The van der Waals surface area contributed by atoms with Crippen LogP contribution in [0.5, 0.6) is 0 Å². The molecule has 1 aliphatic rings. The maximum Gasteiger partial charge on any atom is 0.344 e. The number of carbonyl (C=O) groups excluding carboxylic acids is 1. The lowest BCUT2D eigenvalue weighted by Gasteiger charge is -2.38. The van der Waals surface area contributed by atoms with Crippen LogP contribution in [0, 0.1) is 5.41 Å². The Morgan fingerprint density at radius 1 is 1.26 bits per heavy atom. The molecule has 0 radical (unpaired) electrons. The van der Waals surface area contributed by atoms with Gasteiger partial charge in [0.1, 0.15) is 0 Å². The summed E-state index contributed by atoms with van der Waals surface area (Å²) in [5.41, 5.74) is 2.19. The van der Waals surface area contributed by atoms with Gasteiger partial charge in [0.25, 0.3) is 0 Å². The first-order chi connectivity index (χ1) is 10.9. The highest BCUT2D eigenvalue weighted by Gasteiger charge is 2.37. The summed E-state index contributed by atoms with van der Waals surface area (Å²) in [4.78, 5) is 12.3. The van der Waals surface area contributed by atoms with Gasteiger partial charge in [-0.05, 0) is 24.3 Å². The summed E-state index contributed by atoms with van der Waals surface area (Å²) < 4.78 is 25.9. The summed E-state index contributed by atoms with van der Waals surface area (Å²) in [5.74, 6) is -0.688. The van der Waals surface area contributed by atoms with E-state index in [0.29, 0.717) is 11.1 Å². The standard InChI is InChI=1S/C17H19NO4S/c1-17(2)14(18-3)10-9-13(16(19)22-11-23(20)21)15(17)12-7-5-4-6-8-12/h4-11,14,18H,1-3H3. The Hall–Kier alpha value is -2.18. The Morgan fingerprint density at radius 2 is 1.91 bits per heavy atom. The highest BCUT2D eigenvalue weighted by molar-refractivity contribution is 7.71. The second-order valence-electron chi connectivity index (χ2n) is 5.76. The van der Waals surface area contributed by atoms with Gasteiger partial charge in [0, 0.05) is 11.5 Å². The average Bonchev–Trinajstić information content (AvgIpc) is 2.52. The molecule has 0 saturated heterocycles. The van der Waals surface area contributed by atoms with E-state index in [1.165, 1.54) is 0 Å². The predicted molar refractivity (Wildman–Crippen MR) is 90.2 cm³/mol. The zero-order valence-corrected chi connectivity index (χ0v) is 14.1. The second-order valence-corrected chi connectivity index (χ2v) is 6.48. The molecule has 23 heavy (non-hydrogen) atoms. The van der Waals surface area contributed by atoms with Gasteiger partial charge in [0.05, 0.1) is 5.57 Å². The summed E-state index contributed by atoms with van der Waals surface area (Å²) >= 11 is 0. The average molecular weight is 333 g/mol. The fourth-order valence-corrected chi connectivity index (χ4v) is 3.09. The first-order valence-corrected chi connectivity index (χ1v) is 8.29. The van der Waals surface area contributed by atoms with Gasteiger partial charge in [-0.25, -0.2) is 4.79 Å². The molecule has 1 atom stereocenters. The third-order valence-electron chi connectivity index (χ3n) is 3.97. The fourth-order valence-electron chi connectivity index (χ4n) is 2.92. The van der Waals surface area contributed by atoms with E-state index in [0.717, 1.165) is 11.1 Å². The molecule has 0 bridgehead atoms. The van der Waals surface area contributed by atoms with Crippen molar-refractivity contribution >= 4 is 27.4 Å². The van der Waals surface area contributed by atoms with Crippen molar-refractivity contribution in [3.05, 3.63) is 53.6 Å². The predicted octanol–water partition coefficient (Wildman–Crippen LogP) is 1.81. The van der Waals surface area contributed by atoms with Crippen LogP contribution in [0.3, 0.4) is 0 Å². The first-order valence-electron chi connectivity index (χ1n) is 7.16. The molecular formula is C17H19NO4S. The Labute approximate surface area is 137 Å². The molecule has 1 unspecified atom stereocenters. The Morgan fingerprint density at radius 3 is 2.48 bits per heavy atom. The van der Waals surface area contributed by atoms with Crippen LogP contribution in [0.2, 0.25) is 0 Å². The summed E-state index contributed by atoms with van der Waals surface area (Å²) in [6.45, 7) is 4.06. The molecular weight excluding hydrogens is 314 g/mol. The van der Waals surface area contributed by atoms with Crippen LogP contribution >= 0.6 is 0 Å². The highest BCUT2D eigenvalue weighted by Crippen LogP contribution is 2.43. The van der Waals surface area contributed by atoms with Crippen LogP contribution in [0.25, 0.3) is 5.57 Å². The Balaban J connectivity index is 2.60. The third-order valence-corrected chi connectivity index (χ3v) is 4.23. The largest absolute Gasteiger partial charge is 0.414 e. The molecule has 5 nitrogen and oxygen atoms in total. The molecule has 2 rings (SSSR count). The summed E-state index contributed by atoms with van der Waals surface area (Å²) in [5, 5.41) is 3.22. The van der Waals surface area contributed by atoms with Gasteiger partial charge in [-0.2, -0.15) is 8.42 Å². The van der Waals surface area contributed by atoms with Crippen molar-refractivity contribution in [2.45, 2.75) is 19.9 Å². The van der Waals surface area contributed by atoms with Crippen molar-refractivity contribution in [3.63, 3.8) is 0 Å². The van der Waals surface area contributed by atoms with E-state index < -0.39 is 16.3 Å². The molecule has 0 fully saturated rings. The first kappa shape index (κ1) is 17.2. The van der Waals surface area contributed by atoms with Crippen LogP contribution in [-0.4, -0.2) is 33.0 Å². The van der Waals surface area contributed by atoms with Gasteiger partial charge in [-0.1, -0.05) is 50.3 Å². The number of ether oxygens (including phenoxy) is 1. The number of esters is 1. The summed E-state index contributed by atoms with van der Waals surface area (Å²) in [7, 11) is -0.693. The van der Waals surface area contributed by atoms with Gasteiger partial charge in [-0.3, -0.25) is 0 Å². The lowest BCUT2D eigenvalue weighted by atomic mass is 9.69. The van der Waals surface area contributed by atoms with E-state index in [4.69, 9.17) is 4.74 Å². The Kier molecular flexibility index (Phi) is 5.18. The fraction of sp³-hybridized carbons (Fsp3) is 0.294. The second kappa shape index (κ2) is 6.93. The molecule has 0 saturated carbocycles. The molecule has 0 spiro atoms. The van der Waals surface area contributed by atoms with E-state index in [-0.39, 0.29) is 11.5 Å². The smallest absolute Gasteiger partial charge is 0.344 e. The van der Waals surface area contributed by atoms with E-state index in [2.05, 4.69) is 5.32 Å². The van der Waals surface area contributed by atoms with Crippen molar-refractivity contribution in [2.75, 3.05) is 7.05 Å².